The van der Waals surface area contributed by atoms with E-state index < -0.39 is 0 Å². The summed E-state index contributed by atoms with van der Waals surface area (Å²) in [6.45, 7) is 4.92. The second kappa shape index (κ2) is 10.7. The summed E-state index contributed by atoms with van der Waals surface area (Å²) in [4.78, 5) is 2.36. The van der Waals surface area contributed by atoms with Gasteiger partial charge in [0.25, 0.3) is 0 Å². The number of nitrogens with zero attached hydrogens (tertiary/aromatic N) is 1. The van der Waals surface area contributed by atoms with Crippen LogP contribution in [-0.2, 0) is 11.2 Å². The Kier molecular flexibility index (Phi) is 9.04. The molecule has 0 heterocycles. The van der Waals surface area contributed by atoms with Crippen LogP contribution in [0.3, 0.4) is 0 Å². The minimum absolute atomic E-state index is 0.779. The van der Waals surface area contributed by atoms with Crippen LogP contribution in [0, 0.1) is 0 Å². The second-order valence-corrected chi connectivity index (χ2v) is 5.00. The van der Waals surface area contributed by atoms with Crippen LogP contribution in [0.4, 0.5) is 0 Å². The summed E-state index contributed by atoms with van der Waals surface area (Å²) in [5.41, 5.74) is 1.37. The monoisotopic (exact) mass is 280 g/mol. The molecular formula is C16H28N2O2. The fraction of sp³-hybridized carbons (Fsp3) is 0.625. The van der Waals surface area contributed by atoms with Crippen LogP contribution in [0.1, 0.15) is 12.0 Å². The van der Waals surface area contributed by atoms with Crippen molar-refractivity contribution in [3.8, 4) is 5.75 Å². The maximum absolute atomic E-state index is 5.16. The molecule has 20 heavy (non-hydrogen) atoms. The third kappa shape index (κ3) is 7.48. The molecule has 1 aromatic rings. The predicted molar refractivity (Wildman–Crippen MR) is 83.6 cm³/mol. The Morgan fingerprint density at radius 3 is 2.45 bits per heavy atom. The molecule has 0 spiro atoms. The SMILES string of the molecule is COCCNCCN(C)CCCc1ccc(OC)cc1. The Hall–Kier alpha value is -1.10. The number of likely N-dealkylation sites (N-methyl/N-ethyl adjacent to an activating group) is 1. The molecule has 0 unspecified atom stereocenters. The third-order valence-electron chi connectivity index (χ3n) is 3.32. The Labute approximate surface area is 123 Å². The molecule has 1 aromatic carbocycles. The van der Waals surface area contributed by atoms with E-state index in [9.17, 15) is 0 Å². The third-order valence-corrected chi connectivity index (χ3v) is 3.32. The molecule has 0 saturated carbocycles. The first-order valence-corrected chi connectivity index (χ1v) is 7.27. The van der Waals surface area contributed by atoms with Gasteiger partial charge in [-0.1, -0.05) is 12.1 Å². The predicted octanol–water partition coefficient (Wildman–Crippen LogP) is 1.80. The summed E-state index contributed by atoms with van der Waals surface area (Å²) >= 11 is 0. The lowest BCUT2D eigenvalue weighted by atomic mass is 10.1. The summed E-state index contributed by atoms with van der Waals surface area (Å²) in [5.74, 6) is 0.924. The van der Waals surface area contributed by atoms with Crippen molar-refractivity contribution in [3.05, 3.63) is 29.8 Å². The van der Waals surface area contributed by atoms with Crippen molar-refractivity contribution in [2.75, 3.05) is 54.1 Å². The highest BCUT2D eigenvalue weighted by Gasteiger charge is 1.99. The van der Waals surface area contributed by atoms with E-state index in [-0.39, 0.29) is 0 Å². The van der Waals surface area contributed by atoms with Gasteiger partial charge in [0.2, 0.25) is 0 Å². The molecule has 0 fully saturated rings. The van der Waals surface area contributed by atoms with Crippen LogP contribution < -0.4 is 10.1 Å². The van der Waals surface area contributed by atoms with Crippen LogP contribution in [0.15, 0.2) is 24.3 Å². The average Bonchev–Trinajstić information content (AvgIpc) is 2.48. The number of aryl methyl sites for hydroxylation is 1. The van der Waals surface area contributed by atoms with Crippen LogP contribution in [0.2, 0.25) is 0 Å². The molecule has 0 aliphatic carbocycles. The highest BCUT2D eigenvalue weighted by atomic mass is 16.5. The van der Waals surface area contributed by atoms with Crippen LogP contribution >= 0.6 is 0 Å². The molecule has 0 aliphatic heterocycles. The molecule has 0 atom stereocenters. The smallest absolute Gasteiger partial charge is 0.118 e. The minimum Gasteiger partial charge on any atom is -0.497 e. The van der Waals surface area contributed by atoms with Crippen LogP contribution in [0.5, 0.6) is 5.75 Å². The van der Waals surface area contributed by atoms with Gasteiger partial charge in [0.1, 0.15) is 5.75 Å². The summed E-state index contributed by atoms with van der Waals surface area (Å²) in [6.07, 6.45) is 2.30. The molecule has 0 saturated heterocycles. The largest absolute Gasteiger partial charge is 0.497 e. The van der Waals surface area contributed by atoms with E-state index >= 15 is 0 Å². The van der Waals surface area contributed by atoms with Crippen molar-refractivity contribution in [2.24, 2.45) is 0 Å². The first kappa shape index (κ1) is 17.0. The molecule has 0 amide bonds. The van der Waals surface area contributed by atoms with Gasteiger partial charge in [-0.15, -0.1) is 0 Å². The number of nitrogens with one attached hydrogen (secondary N) is 1. The first-order valence-electron chi connectivity index (χ1n) is 7.27. The average molecular weight is 280 g/mol. The van der Waals surface area contributed by atoms with Crippen molar-refractivity contribution in [3.63, 3.8) is 0 Å². The number of hydrogen-bond acceptors (Lipinski definition) is 4. The number of hydrogen-bond donors (Lipinski definition) is 1. The van der Waals surface area contributed by atoms with Crippen molar-refractivity contribution in [1.82, 2.24) is 10.2 Å². The van der Waals surface area contributed by atoms with Gasteiger partial charge in [0, 0.05) is 26.7 Å². The van der Waals surface area contributed by atoms with Gasteiger partial charge in [-0.3, -0.25) is 0 Å². The lowest BCUT2D eigenvalue weighted by Crippen LogP contribution is -2.31. The van der Waals surface area contributed by atoms with E-state index in [4.69, 9.17) is 9.47 Å². The zero-order valence-corrected chi connectivity index (χ0v) is 13.0. The lowest BCUT2D eigenvalue weighted by Gasteiger charge is -2.16. The van der Waals surface area contributed by atoms with E-state index in [1.54, 1.807) is 14.2 Å². The Bertz CT molecular complexity index is 341. The second-order valence-electron chi connectivity index (χ2n) is 5.00. The summed E-state index contributed by atoms with van der Waals surface area (Å²) in [7, 11) is 5.60. The summed E-state index contributed by atoms with van der Waals surface area (Å²) in [6, 6.07) is 8.34. The number of benzene rings is 1. The number of methoxy groups -OCH3 is 2. The topological polar surface area (TPSA) is 33.7 Å². The molecule has 4 heteroatoms. The van der Waals surface area contributed by atoms with Crippen molar-refractivity contribution >= 4 is 0 Å². The normalized spacial score (nSPS) is 11.0. The lowest BCUT2D eigenvalue weighted by molar-refractivity contribution is 0.198. The quantitative estimate of drug-likeness (QED) is 0.627. The molecule has 114 valence electrons. The van der Waals surface area contributed by atoms with Crippen LogP contribution in [-0.4, -0.2) is 59.0 Å². The summed E-state index contributed by atoms with van der Waals surface area (Å²) in [5, 5.41) is 3.36. The van der Waals surface area contributed by atoms with Gasteiger partial charge >= 0.3 is 0 Å². The maximum Gasteiger partial charge on any atom is 0.118 e. The Balaban J connectivity index is 2.07. The van der Waals surface area contributed by atoms with Crippen molar-refractivity contribution < 1.29 is 9.47 Å². The highest BCUT2D eigenvalue weighted by Crippen LogP contribution is 2.12. The van der Waals surface area contributed by atoms with Gasteiger partial charge in [0.05, 0.1) is 13.7 Å². The van der Waals surface area contributed by atoms with Crippen molar-refractivity contribution in [1.29, 1.82) is 0 Å². The van der Waals surface area contributed by atoms with E-state index in [0.29, 0.717) is 0 Å². The standard InChI is InChI=1S/C16H28N2O2/c1-18(13-10-17-11-14-19-2)12-4-5-15-6-8-16(20-3)9-7-15/h6-9,17H,4-5,10-14H2,1-3H3. The molecule has 1 N–H and O–H groups in total. The van der Waals surface area contributed by atoms with Gasteiger partial charge in [-0.2, -0.15) is 0 Å². The first-order chi connectivity index (χ1) is 9.76. The molecule has 1 rings (SSSR count). The van der Waals surface area contributed by atoms with E-state index in [0.717, 1.165) is 45.0 Å². The molecule has 0 bridgehead atoms. The van der Waals surface area contributed by atoms with E-state index in [1.807, 2.05) is 12.1 Å². The van der Waals surface area contributed by atoms with Gasteiger partial charge < -0.3 is 19.7 Å². The summed E-state index contributed by atoms with van der Waals surface area (Å²) < 4.78 is 10.2. The fourth-order valence-corrected chi connectivity index (χ4v) is 2.03. The maximum atomic E-state index is 5.16. The Morgan fingerprint density at radius 1 is 1.05 bits per heavy atom. The molecule has 0 aromatic heterocycles. The molecule has 0 aliphatic rings. The number of ether oxygens (including phenoxy) is 2. The van der Waals surface area contributed by atoms with Gasteiger partial charge in [-0.25, -0.2) is 0 Å². The van der Waals surface area contributed by atoms with Gasteiger partial charge in [0.15, 0.2) is 0 Å². The Morgan fingerprint density at radius 2 is 1.80 bits per heavy atom. The zero-order valence-electron chi connectivity index (χ0n) is 13.0. The van der Waals surface area contributed by atoms with E-state index in [1.165, 1.54) is 12.0 Å². The molecule has 4 nitrogen and oxygen atoms in total. The highest BCUT2D eigenvalue weighted by molar-refractivity contribution is 5.27. The zero-order chi connectivity index (χ0) is 14.6. The van der Waals surface area contributed by atoms with Crippen LogP contribution in [0.25, 0.3) is 0 Å². The fourth-order valence-electron chi connectivity index (χ4n) is 2.03. The van der Waals surface area contributed by atoms with E-state index in [2.05, 4.69) is 29.4 Å². The molecular weight excluding hydrogens is 252 g/mol. The van der Waals surface area contributed by atoms with Gasteiger partial charge in [-0.05, 0) is 44.1 Å². The minimum atomic E-state index is 0.779. The molecule has 0 radical (unpaired) electrons. The van der Waals surface area contributed by atoms with Crippen molar-refractivity contribution in [2.45, 2.75) is 12.8 Å². The number of rotatable bonds is 11.